The third-order valence-corrected chi connectivity index (χ3v) is 7.02. The summed E-state index contributed by atoms with van der Waals surface area (Å²) in [4.78, 5) is 45.0. The first-order valence-electron chi connectivity index (χ1n) is 13.7. The Morgan fingerprint density at radius 3 is 2.61 bits per heavy atom. The Morgan fingerprint density at radius 1 is 1.18 bits per heavy atom. The summed E-state index contributed by atoms with van der Waals surface area (Å²) < 4.78 is 5.30. The molecule has 1 aromatic rings. The van der Waals surface area contributed by atoms with Crippen molar-refractivity contribution in [1.82, 2.24) is 20.5 Å². The summed E-state index contributed by atoms with van der Waals surface area (Å²) in [6.45, 7) is 4.84. The Hall–Kier alpha value is -3.27. The number of hydrogen-bond donors (Lipinski definition) is 4. The standard InChI is InChI=1S/C28H42N6O4/c1-19(2)18-38-25(35)17-32-23(14-20-8-4-3-5-9-20)28(37)34-13-7-6-10-24(34)27(36)33-16-21-11-12-22(26(29)30)31-15-21/h6-7,11-12,15,19-20,23-24,32H,3-5,8-10,13-14,16-18H2,1-2H3,(H3,29,30)(H,33,36). The van der Waals surface area contributed by atoms with Gasteiger partial charge in [-0.05, 0) is 36.3 Å². The van der Waals surface area contributed by atoms with Crippen molar-refractivity contribution in [1.29, 1.82) is 5.41 Å². The van der Waals surface area contributed by atoms with Crippen LogP contribution >= 0.6 is 0 Å². The molecular formula is C28H42N6O4. The molecule has 3 rings (SSSR count). The molecule has 10 heteroatoms. The lowest BCUT2D eigenvalue weighted by atomic mass is 9.84. The highest BCUT2D eigenvalue weighted by atomic mass is 16.5. The molecule has 1 aliphatic heterocycles. The molecule has 2 unspecified atom stereocenters. The first kappa shape index (κ1) is 29.3. The van der Waals surface area contributed by atoms with Crippen LogP contribution < -0.4 is 16.4 Å². The molecule has 0 radical (unpaired) electrons. The second-order valence-corrected chi connectivity index (χ2v) is 10.6. The van der Waals surface area contributed by atoms with Crippen molar-refractivity contribution in [2.75, 3.05) is 19.7 Å². The van der Waals surface area contributed by atoms with E-state index in [4.69, 9.17) is 15.9 Å². The lowest BCUT2D eigenvalue weighted by Crippen LogP contribution is -2.56. The van der Waals surface area contributed by atoms with Gasteiger partial charge in [-0.15, -0.1) is 0 Å². The number of amides is 2. The van der Waals surface area contributed by atoms with Crippen LogP contribution in [0.4, 0.5) is 0 Å². The second kappa shape index (κ2) is 14.6. The number of ether oxygens (including phenoxy) is 1. The molecule has 0 saturated heterocycles. The van der Waals surface area contributed by atoms with Gasteiger partial charge in [0.25, 0.3) is 0 Å². The first-order valence-corrected chi connectivity index (χ1v) is 13.7. The number of pyridine rings is 1. The molecular weight excluding hydrogens is 484 g/mol. The maximum Gasteiger partial charge on any atom is 0.319 e. The van der Waals surface area contributed by atoms with Gasteiger partial charge in [0.15, 0.2) is 0 Å². The number of nitrogens with two attached hydrogens (primary N) is 1. The third-order valence-electron chi connectivity index (χ3n) is 7.02. The predicted molar refractivity (Wildman–Crippen MR) is 145 cm³/mol. The van der Waals surface area contributed by atoms with E-state index >= 15 is 0 Å². The summed E-state index contributed by atoms with van der Waals surface area (Å²) in [6, 6.07) is 2.20. The Kier molecular flexibility index (Phi) is 11.3. The molecule has 0 bridgehead atoms. The number of nitrogens with zero attached hydrogens (tertiary/aromatic N) is 2. The molecule has 0 spiro atoms. The van der Waals surface area contributed by atoms with Gasteiger partial charge in [0, 0.05) is 19.3 Å². The van der Waals surface area contributed by atoms with Gasteiger partial charge in [-0.1, -0.05) is 64.2 Å². The van der Waals surface area contributed by atoms with Gasteiger partial charge < -0.3 is 20.7 Å². The van der Waals surface area contributed by atoms with Crippen LogP contribution in [-0.2, 0) is 25.7 Å². The van der Waals surface area contributed by atoms with E-state index in [1.807, 2.05) is 26.0 Å². The van der Waals surface area contributed by atoms with Crippen molar-refractivity contribution in [2.45, 2.75) is 77.4 Å². The van der Waals surface area contributed by atoms with E-state index in [-0.39, 0.29) is 42.6 Å². The van der Waals surface area contributed by atoms with Crippen molar-refractivity contribution >= 4 is 23.6 Å². The first-order chi connectivity index (χ1) is 18.2. The number of aromatic nitrogens is 1. The fourth-order valence-electron chi connectivity index (χ4n) is 4.90. The van der Waals surface area contributed by atoms with Crippen LogP contribution in [0.3, 0.4) is 0 Å². The Labute approximate surface area is 225 Å². The molecule has 0 aromatic carbocycles. The summed E-state index contributed by atoms with van der Waals surface area (Å²) >= 11 is 0. The van der Waals surface area contributed by atoms with Crippen LogP contribution in [-0.4, -0.2) is 65.3 Å². The Bertz CT molecular complexity index is 988. The van der Waals surface area contributed by atoms with E-state index in [1.165, 1.54) is 6.42 Å². The highest BCUT2D eigenvalue weighted by molar-refractivity contribution is 5.93. The molecule has 1 aromatic heterocycles. The molecule has 1 aliphatic carbocycles. The molecule has 2 atom stereocenters. The van der Waals surface area contributed by atoms with Crippen molar-refractivity contribution < 1.29 is 19.1 Å². The lowest BCUT2D eigenvalue weighted by Gasteiger charge is -2.36. The van der Waals surface area contributed by atoms with Crippen molar-refractivity contribution in [2.24, 2.45) is 17.6 Å². The van der Waals surface area contributed by atoms with E-state index in [0.29, 0.717) is 37.6 Å². The van der Waals surface area contributed by atoms with Crippen LogP contribution in [0.25, 0.3) is 0 Å². The summed E-state index contributed by atoms with van der Waals surface area (Å²) in [7, 11) is 0. The zero-order valence-electron chi connectivity index (χ0n) is 22.6. The highest BCUT2D eigenvalue weighted by Crippen LogP contribution is 2.28. The number of esters is 1. The maximum absolute atomic E-state index is 13.8. The smallest absolute Gasteiger partial charge is 0.319 e. The number of amidine groups is 1. The van der Waals surface area contributed by atoms with Gasteiger partial charge in [-0.3, -0.25) is 30.1 Å². The second-order valence-electron chi connectivity index (χ2n) is 10.6. The van der Waals surface area contributed by atoms with Gasteiger partial charge in [0.05, 0.1) is 19.2 Å². The predicted octanol–water partition coefficient (Wildman–Crippen LogP) is 2.27. The Morgan fingerprint density at radius 2 is 1.95 bits per heavy atom. The van der Waals surface area contributed by atoms with Gasteiger partial charge in [0.2, 0.25) is 11.8 Å². The number of carbonyl (C=O) groups is 3. The summed E-state index contributed by atoms with van der Waals surface area (Å²) in [5.74, 6) is -0.253. The summed E-state index contributed by atoms with van der Waals surface area (Å²) in [5, 5.41) is 13.5. The topological polar surface area (TPSA) is 150 Å². The quantitative estimate of drug-likeness (QED) is 0.141. The van der Waals surface area contributed by atoms with Crippen molar-refractivity contribution in [3.05, 3.63) is 41.7 Å². The average molecular weight is 527 g/mol. The molecule has 2 aliphatic rings. The van der Waals surface area contributed by atoms with Crippen molar-refractivity contribution in [3.8, 4) is 0 Å². The molecule has 2 heterocycles. The molecule has 10 nitrogen and oxygen atoms in total. The van der Waals surface area contributed by atoms with Gasteiger partial charge >= 0.3 is 5.97 Å². The van der Waals surface area contributed by atoms with Crippen LogP contribution in [0.5, 0.6) is 0 Å². The number of nitrogen functional groups attached to an aromatic ring is 1. The van der Waals surface area contributed by atoms with Gasteiger partial charge in [-0.25, -0.2) is 0 Å². The fourth-order valence-corrected chi connectivity index (χ4v) is 4.90. The zero-order valence-corrected chi connectivity index (χ0v) is 22.6. The van der Waals surface area contributed by atoms with Gasteiger partial charge in [-0.2, -0.15) is 0 Å². The van der Waals surface area contributed by atoms with E-state index < -0.39 is 12.1 Å². The van der Waals surface area contributed by atoms with Crippen LogP contribution in [0, 0.1) is 17.2 Å². The van der Waals surface area contributed by atoms with Gasteiger partial charge in [0.1, 0.15) is 17.6 Å². The van der Waals surface area contributed by atoms with E-state index in [0.717, 1.165) is 31.2 Å². The summed E-state index contributed by atoms with van der Waals surface area (Å²) in [6.07, 6.45) is 12.1. The molecule has 2 amide bonds. The monoisotopic (exact) mass is 526 g/mol. The minimum absolute atomic E-state index is 0.0420. The molecule has 1 saturated carbocycles. The fraction of sp³-hybridized carbons (Fsp3) is 0.607. The van der Waals surface area contributed by atoms with Crippen LogP contribution in [0.15, 0.2) is 30.5 Å². The number of hydrogen-bond acceptors (Lipinski definition) is 7. The minimum Gasteiger partial charge on any atom is -0.464 e. The lowest BCUT2D eigenvalue weighted by molar-refractivity contribution is -0.145. The van der Waals surface area contributed by atoms with E-state index in [1.54, 1.807) is 23.2 Å². The molecule has 5 N–H and O–H groups in total. The maximum atomic E-state index is 13.8. The molecule has 208 valence electrons. The number of nitrogens with one attached hydrogen (secondary N) is 3. The Balaban J connectivity index is 1.65. The van der Waals surface area contributed by atoms with Crippen molar-refractivity contribution in [3.63, 3.8) is 0 Å². The number of carbonyl (C=O) groups excluding carboxylic acids is 3. The zero-order chi connectivity index (χ0) is 27.5. The van der Waals surface area contributed by atoms with Crippen LogP contribution in [0.1, 0.15) is 70.1 Å². The molecule has 38 heavy (non-hydrogen) atoms. The summed E-state index contributed by atoms with van der Waals surface area (Å²) in [5.41, 5.74) is 6.59. The normalized spacial score (nSPS) is 18.7. The van der Waals surface area contributed by atoms with Crippen LogP contribution in [0.2, 0.25) is 0 Å². The van der Waals surface area contributed by atoms with E-state index in [2.05, 4.69) is 15.6 Å². The minimum atomic E-state index is -0.638. The third kappa shape index (κ3) is 8.93. The van der Waals surface area contributed by atoms with E-state index in [9.17, 15) is 14.4 Å². The molecule has 1 fully saturated rings. The SMILES string of the molecule is CC(C)COC(=O)CNC(CC1CCCCC1)C(=O)N1CC=CCC1C(=O)NCc1ccc(C(=N)N)nc1. The average Bonchev–Trinajstić information content (AvgIpc) is 2.93. The largest absolute Gasteiger partial charge is 0.464 e. The highest BCUT2D eigenvalue weighted by Gasteiger charge is 2.35. The number of rotatable bonds is 12.